The summed E-state index contributed by atoms with van der Waals surface area (Å²) in [5.41, 5.74) is 3.41. The number of hydrogen-bond donors (Lipinski definition) is 0. The molecule has 0 N–H and O–H groups in total. The molecule has 27 heavy (non-hydrogen) atoms. The Hall–Kier alpha value is -2.51. The normalized spacial score (nSPS) is 14.8. The fraction of sp³-hybridized carbons (Fsp3) is 0.350. The molecule has 0 radical (unpaired) electrons. The molecule has 7 heteroatoms. The van der Waals surface area contributed by atoms with Crippen LogP contribution >= 0.6 is 11.3 Å². The molecule has 1 aliphatic rings. The minimum Gasteiger partial charge on any atom is -0.485 e. The van der Waals surface area contributed by atoms with Crippen LogP contribution in [0.4, 0.5) is 0 Å². The van der Waals surface area contributed by atoms with E-state index in [1.807, 2.05) is 42.6 Å². The van der Waals surface area contributed by atoms with Gasteiger partial charge in [0.05, 0.1) is 5.39 Å². The third-order valence-corrected chi connectivity index (χ3v) is 6.23. The van der Waals surface area contributed by atoms with Gasteiger partial charge in [-0.2, -0.15) is 4.52 Å². The Morgan fingerprint density at radius 3 is 2.89 bits per heavy atom. The van der Waals surface area contributed by atoms with Gasteiger partial charge in [0.25, 0.3) is 0 Å². The van der Waals surface area contributed by atoms with Gasteiger partial charge in [-0.1, -0.05) is 18.2 Å². The third-order valence-electron chi connectivity index (χ3n) is 5.12. The Balaban J connectivity index is 1.57. The van der Waals surface area contributed by atoms with Crippen LogP contribution in [0.15, 0.2) is 24.3 Å². The van der Waals surface area contributed by atoms with Crippen molar-refractivity contribution in [3.05, 3.63) is 51.9 Å². The number of fused-ring (bicyclic) bond motifs is 5. The van der Waals surface area contributed by atoms with Gasteiger partial charge >= 0.3 is 0 Å². The smallest absolute Gasteiger partial charge is 0.189 e. The Bertz CT molecular complexity index is 1160. The van der Waals surface area contributed by atoms with Gasteiger partial charge in [-0.3, -0.25) is 0 Å². The second-order valence-electron chi connectivity index (χ2n) is 7.15. The van der Waals surface area contributed by atoms with Crippen molar-refractivity contribution >= 4 is 27.2 Å². The van der Waals surface area contributed by atoms with Gasteiger partial charge < -0.3 is 9.64 Å². The SMILES string of the molecule is Cc1ccccc1OCc1nc2c3c4c(sc3nc(C)n2n1)CN(C)CC4. The van der Waals surface area contributed by atoms with Gasteiger partial charge in [0.15, 0.2) is 11.5 Å². The van der Waals surface area contributed by atoms with E-state index in [0.29, 0.717) is 12.4 Å². The Morgan fingerprint density at radius 2 is 2.04 bits per heavy atom. The van der Waals surface area contributed by atoms with E-state index >= 15 is 0 Å². The number of para-hydroxylation sites is 1. The van der Waals surface area contributed by atoms with Gasteiger partial charge in [0, 0.05) is 18.0 Å². The highest BCUT2D eigenvalue weighted by atomic mass is 32.1. The van der Waals surface area contributed by atoms with E-state index in [-0.39, 0.29) is 0 Å². The standard InChI is InChI=1S/C20H21N5OS/c1-12-6-4-5-7-15(12)26-11-17-22-19-18-14-8-9-24(3)10-16(14)27-20(18)21-13(2)25(19)23-17/h4-7H,8-11H2,1-3H3. The largest absolute Gasteiger partial charge is 0.485 e. The van der Waals surface area contributed by atoms with Gasteiger partial charge in [0.1, 0.15) is 23.0 Å². The molecule has 0 unspecified atom stereocenters. The summed E-state index contributed by atoms with van der Waals surface area (Å²) >= 11 is 1.79. The molecule has 4 aromatic rings. The van der Waals surface area contributed by atoms with Crippen molar-refractivity contribution in [1.82, 2.24) is 24.5 Å². The summed E-state index contributed by atoms with van der Waals surface area (Å²) in [7, 11) is 2.17. The molecule has 0 bridgehead atoms. The van der Waals surface area contributed by atoms with E-state index in [0.717, 1.165) is 47.1 Å². The van der Waals surface area contributed by atoms with Crippen LogP contribution in [0, 0.1) is 13.8 Å². The predicted molar refractivity (Wildman–Crippen MR) is 106 cm³/mol. The van der Waals surface area contributed by atoms with Crippen molar-refractivity contribution in [3.63, 3.8) is 0 Å². The van der Waals surface area contributed by atoms with Gasteiger partial charge in [-0.05, 0) is 44.5 Å². The molecule has 0 saturated heterocycles. The number of nitrogens with zero attached hydrogens (tertiary/aromatic N) is 5. The minimum atomic E-state index is 0.350. The van der Waals surface area contributed by atoms with E-state index in [9.17, 15) is 0 Å². The summed E-state index contributed by atoms with van der Waals surface area (Å²) in [6, 6.07) is 8.00. The molecule has 0 atom stereocenters. The monoisotopic (exact) mass is 379 g/mol. The Morgan fingerprint density at radius 1 is 1.19 bits per heavy atom. The van der Waals surface area contributed by atoms with E-state index in [1.165, 1.54) is 15.8 Å². The Labute approximate surface area is 161 Å². The van der Waals surface area contributed by atoms with Gasteiger partial charge in [0.2, 0.25) is 0 Å². The van der Waals surface area contributed by atoms with Crippen LogP contribution in [0.1, 0.15) is 27.7 Å². The lowest BCUT2D eigenvalue weighted by Crippen LogP contribution is -2.25. The number of aryl methyl sites for hydroxylation is 2. The molecule has 138 valence electrons. The fourth-order valence-electron chi connectivity index (χ4n) is 3.68. The highest BCUT2D eigenvalue weighted by Gasteiger charge is 2.23. The number of benzene rings is 1. The van der Waals surface area contributed by atoms with Crippen LogP contribution in [-0.2, 0) is 19.6 Å². The van der Waals surface area contributed by atoms with Crippen LogP contribution in [0.3, 0.4) is 0 Å². The lowest BCUT2D eigenvalue weighted by molar-refractivity contribution is 0.294. The molecule has 0 saturated carbocycles. The highest BCUT2D eigenvalue weighted by Crippen LogP contribution is 2.36. The first-order valence-electron chi connectivity index (χ1n) is 9.13. The average Bonchev–Trinajstić information content (AvgIpc) is 3.21. The summed E-state index contributed by atoms with van der Waals surface area (Å²) < 4.78 is 7.81. The molecule has 0 amide bonds. The summed E-state index contributed by atoms with van der Waals surface area (Å²) in [5, 5.41) is 5.83. The van der Waals surface area contributed by atoms with E-state index in [2.05, 4.69) is 17.0 Å². The predicted octanol–water partition coefficient (Wildman–Crippen LogP) is 3.52. The quantitative estimate of drug-likeness (QED) is 0.545. The molecule has 0 fully saturated rings. The number of ether oxygens (including phenoxy) is 1. The fourth-order valence-corrected chi connectivity index (χ4v) is 5.02. The first-order chi connectivity index (χ1) is 13.1. The topological polar surface area (TPSA) is 55.6 Å². The average molecular weight is 379 g/mol. The second-order valence-corrected chi connectivity index (χ2v) is 8.23. The van der Waals surface area contributed by atoms with Crippen LogP contribution < -0.4 is 4.74 Å². The maximum atomic E-state index is 5.95. The molecule has 1 aromatic carbocycles. The molecule has 1 aliphatic heterocycles. The highest BCUT2D eigenvalue weighted by molar-refractivity contribution is 7.19. The van der Waals surface area contributed by atoms with Crippen LogP contribution in [-0.4, -0.2) is 38.1 Å². The summed E-state index contributed by atoms with van der Waals surface area (Å²) in [4.78, 5) is 14.5. The van der Waals surface area contributed by atoms with E-state index in [1.54, 1.807) is 11.3 Å². The molecular formula is C20H21N5OS. The Kier molecular flexibility index (Phi) is 3.87. The van der Waals surface area contributed by atoms with Crippen molar-refractivity contribution in [3.8, 4) is 5.75 Å². The molecule has 0 spiro atoms. The van der Waals surface area contributed by atoms with Gasteiger partial charge in [-0.25, -0.2) is 9.97 Å². The molecule has 6 nitrogen and oxygen atoms in total. The van der Waals surface area contributed by atoms with Crippen LogP contribution in [0.5, 0.6) is 5.75 Å². The number of rotatable bonds is 3. The van der Waals surface area contributed by atoms with Crippen LogP contribution in [0.2, 0.25) is 0 Å². The number of hydrogen-bond acceptors (Lipinski definition) is 6. The molecular weight excluding hydrogens is 358 g/mol. The molecule has 0 aliphatic carbocycles. The second kappa shape index (κ2) is 6.28. The van der Waals surface area contributed by atoms with E-state index < -0.39 is 0 Å². The van der Waals surface area contributed by atoms with Crippen molar-refractivity contribution in [2.75, 3.05) is 13.6 Å². The first-order valence-corrected chi connectivity index (χ1v) is 9.95. The van der Waals surface area contributed by atoms with Crippen LogP contribution in [0.25, 0.3) is 15.9 Å². The summed E-state index contributed by atoms with van der Waals surface area (Å²) in [6.07, 6.45) is 1.04. The molecule has 3 aromatic heterocycles. The zero-order valence-electron chi connectivity index (χ0n) is 15.7. The van der Waals surface area contributed by atoms with E-state index in [4.69, 9.17) is 14.7 Å². The molecule has 4 heterocycles. The molecule has 5 rings (SSSR count). The zero-order chi connectivity index (χ0) is 18.5. The van der Waals surface area contributed by atoms with Crippen molar-refractivity contribution in [2.24, 2.45) is 0 Å². The lowest BCUT2D eigenvalue weighted by Gasteiger charge is -2.21. The first kappa shape index (κ1) is 16.6. The van der Waals surface area contributed by atoms with Crippen molar-refractivity contribution in [1.29, 1.82) is 0 Å². The van der Waals surface area contributed by atoms with Gasteiger partial charge in [-0.15, -0.1) is 16.4 Å². The number of thiophene rings is 1. The summed E-state index contributed by atoms with van der Waals surface area (Å²) in [6.45, 7) is 6.42. The van der Waals surface area contributed by atoms with Crippen molar-refractivity contribution in [2.45, 2.75) is 33.4 Å². The third kappa shape index (κ3) is 2.78. The number of aromatic nitrogens is 4. The minimum absolute atomic E-state index is 0.350. The lowest BCUT2D eigenvalue weighted by atomic mass is 10.1. The zero-order valence-corrected chi connectivity index (χ0v) is 16.5. The maximum Gasteiger partial charge on any atom is 0.189 e. The number of likely N-dealkylation sites (N-methyl/N-ethyl adjacent to an activating group) is 1. The maximum absolute atomic E-state index is 5.95. The summed E-state index contributed by atoms with van der Waals surface area (Å²) in [5.74, 6) is 2.41. The van der Waals surface area contributed by atoms with Crippen molar-refractivity contribution < 1.29 is 4.74 Å².